The first kappa shape index (κ1) is 12.6. The Balaban J connectivity index is 2.08. The molecule has 1 aromatic heterocycles. The Bertz CT molecular complexity index is 496. The van der Waals surface area contributed by atoms with Crippen LogP contribution in [0.3, 0.4) is 0 Å². The number of benzene rings is 1. The Kier molecular flexibility index (Phi) is 4.20. The molecule has 90 valence electrons. The molecule has 0 aliphatic heterocycles. The molecular formula is C13H14BrNOS. The number of hydrogen-bond acceptors (Lipinski definition) is 3. The van der Waals surface area contributed by atoms with E-state index < -0.39 is 0 Å². The van der Waals surface area contributed by atoms with Crippen LogP contribution in [0.2, 0.25) is 0 Å². The Morgan fingerprint density at radius 3 is 2.82 bits per heavy atom. The number of nitrogens with two attached hydrogens (primary N) is 1. The maximum atomic E-state index is 5.90. The van der Waals surface area contributed by atoms with E-state index in [4.69, 9.17) is 10.5 Å². The van der Waals surface area contributed by atoms with Crippen molar-refractivity contribution < 1.29 is 4.74 Å². The molecule has 0 aliphatic rings. The van der Waals surface area contributed by atoms with Gasteiger partial charge in [0, 0.05) is 26.3 Å². The minimum Gasteiger partial charge on any atom is -0.488 e. The monoisotopic (exact) mass is 311 g/mol. The van der Waals surface area contributed by atoms with Gasteiger partial charge in [-0.05, 0) is 35.0 Å². The van der Waals surface area contributed by atoms with Gasteiger partial charge in [0.05, 0.1) is 0 Å². The molecule has 17 heavy (non-hydrogen) atoms. The fourth-order valence-corrected chi connectivity index (χ4v) is 2.93. The molecule has 0 fully saturated rings. The van der Waals surface area contributed by atoms with Crippen LogP contribution in [0.15, 0.2) is 40.2 Å². The van der Waals surface area contributed by atoms with Crippen molar-refractivity contribution in [3.8, 4) is 5.75 Å². The Morgan fingerprint density at radius 2 is 2.18 bits per heavy atom. The molecule has 1 atom stereocenters. The molecular weight excluding hydrogens is 298 g/mol. The van der Waals surface area contributed by atoms with Crippen molar-refractivity contribution in [3.63, 3.8) is 0 Å². The number of thiophene rings is 1. The van der Waals surface area contributed by atoms with Gasteiger partial charge < -0.3 is 10.5 Å². The van der Waals surface area contributed by atoms with Crippen LogP contribution in [0.1, 0.15) is 23.4 Å². The van der Waals surface area contributed by atoms with Crippen molar-refractivity contribution in [1.82, 2.24) is 0 Å². The molecule has 4 heteroatoms. The SMILES string of the molecule is C[C@H](N)c1ccccc1OCc1cc(Br)cs1. The van der Waals surface area contributed by atoms with E-state index in [1.54, 1.807) is 11.3 Å². The minimum absolute atomic E-state index is 0.0127. The van der Waals surface area contributed by atoms with Crippen LogP contribution in [0.5, 0.6) is 5.75 Å². The van der Waals surface area contributed by atoms with Gasteiger partial charge in [0.1, 0.15) is 12.4 Å². The van der Waals surface area contributed by atoms with Gasteiger partial charge in [-0.1, -0.05) is 18.2 Å². The zero-order valence-electron chi connectivity index (χ0n) is 9.52. The van der Waals surface area contributed by atoms with Crippen molar-refractivity contribution in [2.24, 2.45) is 5.73 Å². The van der Waals surface area contributed by atoms with Gasteiger partial charge >= 0.3 is 0 Å². The first-order chi connectivity index (χ1) is 8.16. The predicted octanol–water partition coefficient (Wildman–Crippen LogP) is 4.11. The van der Waals surface area contributed by atoms with Crippen molar-refractivity contribution in [3.05, 3.63) is 50.6 Å². The van der Waals surface area contributed by atoms with Crippen molar-refractivity contribution >= 4 is 27.3 Å². The van der Waals surface area contributed by atoms with Crippen LogP contribution >= 0.6 is 27.3 Å². The van der Waals surface area contributed by atoms with Gasteiger partial charge in [-0.2, -0.15) is 0 Å². The van der Waals surface area contributed by atoms with Gasteiger partial charge in [-0.3, -0.25) is 0 Å². The van der Waals surface area contributed by atoms with E-state index in [9.17, 15) is 0 Å². The number of para-hydroxylation sites is 1. The quantitative estimate of drug-likeness (QED) is 0.922. The summed E-state index contributed by atoms with van der Waals surface area (Å²) in [4.78, 5) is 1.19. The number of rotatable bonds is 4. The van der Waals surface area contributed by atoms with Crippen molar-refractivity contribution in [1.29, 1.82) is 0 Å². The molecule has 0 saturated heterocycles. The summed E-state index contributed by atoms with van der Waals surface area (Å²) < 4.78 is 6.91. The lowest BCUT2D eigenvalue weighted by Gasteiger charge is -2.13. The van der Waals surface area contributed by atoms with Gasteiger partial charge in [-0.15, -0.1) is 11.3 Å². The van der Waals surface area contributed by atoms with E-state index in [1.165, 1.54) is 4.88 Å². The standard InChI is InChI=1S/C13H14BrNOS/c1-9(15)12-4-2-3-5-13(12)16-7-11-6-10(14)8-17-11/h2-6,8-9H,7,15H2,1H3/t9-/m0/s1. The molecule has 0 saturated carbocycles. The molecule has 2 N–H and O–H groups in total. The van der Waals surface area contributed by atoms with Crippen LogP contribution in [0.25, 0.3) is 0 Å². The van der Waals surface area contributed by atoms with Crippen molar-refractivity contribution in [2.75, 3.05) is 0 Å². The van der Waals surface area contributed by atoms with E-state index >= 15 is 0 Å². The molecule has 0 bridgehead atoms. The molecule has 0 aliphatic carbocycles. The smallest absolute Gasteiger partial charge is 0.124 e. The van der Waals surface area contributed by atoms with Crippen LogP contribution in [0.4, 0.5) is 0 Å². The summed E-state index contributed by atoms with van der Waals surface area (Å²) in [5.74, 6) is 0.868. The summed E-state index contributed by atoms with van der Waals surface area (Å²) in [6.07, 6.45) is 0. The van der Waals surface area contributed by atoms with Gasteiger partial charge in [-0.25, -0.2) is 0 Å². The zero-order valence-corrected chi connectivity index (χ0v) is 11.9. The third kappa shape index (κ3) is 3.31. The Labute approximate surface area is 114 Å². The number of ether oxygens (including phenoxy) is 1. The number of halogens is 1. The summed E-state index contributed by atoms with van der Waals surface area (Å²) in [5, 5.41) is 2.05. The average Bonchev–Trinajstić information content (AvgIpc) is 2.73. The maximum Gasteiger partial charge on any atom is 0.124 e. The second kappa shape index (κ2) is 5.67. The fraction of sp³-hybridized carbons (Fsp3) is 0.231. The van der Waals surface area contributed by atoms with Crippen molar-refractivity contribution in [2.45, 2.75) is 19.6 Å². The Hall–Kier alpha value is -0.840. The van der Waals surface area contributed by atoms with Crippen LogP contribution < -0.4 is 10.5 Å². The van der Waals surface area contributed by atoms with Gasteiger partial charge in [0.2, 0.25) is 0 Å². The van der Waals surface area contributed by atoms with Crippen LogP contribution in [0, 0.1) is 0 Å². The van der Waals surface area contributed by atoms with E-state index in [0.717, 1.165) is 15.8 Å². The summed E-state index contributed by atoms with van der Waals surface area (Å²) in [6.45, 7) is 2.55. The zero-order chi connectivity index (χ0) is 12.3. The molecule has 0 unspecified atom stereocenters. The summed E-state index contributed by atoms with van der Waals surface area (Å²) in [5.41, 5.74) is 6.95. The average molecular weight is 312 g/mol. The lowest BCUT2D eigenvalue weighted by atomic mass is 10.1. The predicted molar refractivity (Wildman–Crippen MR) is 75.4 cm³/mol. The minimum atomic E-state index is -0.0127. The van der Waals surface area contributed by atoms with Gasteiger partial charge in [0.15, 0.2) is 0 Å². The molecule has 2 nitrogen and oxygen atoms in total. The highest BCUT2D eigenvalue weighted by Gasteiger charge is 2.07. The molecule has 0 amide bonds. The normalized spacial score (nSPS) is 12.4. The second-order valence-corrected chi connectivity index (χ2v) is 5.76. The summed E-state index contributed by atoms with van der Waals surface area (Å²) in [6, 6.07) is 9.96. The van der Waals surface area contributed by atoms with E-state index in [0.29, 0.717) is 6.61 Å². The topological polar surface area (TPSA) is 35.2 Å². The molecule has 1 aromatic carbocycles. The highest BCUT2D eigenvalue weighted by atomic mass is 79.9. The van der Waals surface area contributed by atoms with Crippen LogP contribution in [-0.2, 0) is 6.61 Å². The molecule has 0 spiro atoms. The fourth-order valence-electron chi connectivity index (χ4n) is 1.57. The maximum absolute atomic E-state index is 5.90. The largest absolute Gasteiger partial charge is 0.488 e. The first-order valence-electron chi connectivity index (χ1n) is 5.37. The summed E-state index contributed by atoms with van der Waals surface area (Å²) >= 11 is 5.11. The molecule has 2 aromatic rings. The van der Waals surface area contributed by atoms with E-state index in [-0.39, 0.29) is 6.04 Å². The third-order valence-electron chi connectivity index (χ3n) is 2.40. The highest BCUT2D eigenvalue weighted by Crippen LogP contribution is 2.26. The molecule has 2 rings (SSSR count). The second-order valence-electron chi connectivity index (χ2n) is 3.85. The van der Waals surface area contributed by atoms with E-state index in [1.807, 2.05) is 31.2 Å². The Morgan fingerprint density at radius 1 is 1.41 bits per heavy atom. The summed E-state index contributed by atoms with van der Waals surface area (Å²) in [7, 11) is 0. The van der Waals surface area contributed by atoms with Gasteiger partial charge in [0.25, 0.3) is 0 Å². The number of hydrogen-bond donors (Lipinski definition) is 1. The van der Waals surface area contributed by atoms with Crippen LogP contribution in [-0.4, -0.2) is 0 Å². The first-order valence-corrected chi connectivity index (χ1v) is 7.04. The highest BCUT2D eigenvalue weighted by molar-refractivity contribution is 9.10. The third-order valence-corrected chi connectivity index (χ3v) is 4.07. The van der Waals surface area contributed by atoms with E-state index in [2.05, 4.69) is 27.4 Å². The lowest BCUT2D eigenvalue weighted by molar-refractivity contribution is 0.305. The lowest BCUT2D eigenvalue weighted by Crippen LogP contribution is -2.07. The molecule has 1 heterocycles. The molecule has 0 radical (unpaired) electrons.